The lowest BCUT2D eigenvalue weighted by atomic mass is 10.3. The monoisotopic (exact) mass is 323 g/mol. The summed E-state index contributed by atoms with van der Waals surface area (Å²) >= 11 is 7.50. The number of hydrogen-bond donors (Lipinski definition) is 0. The second kappa shape index (κ2) is 6.12. The van der Waals surface area contributed by atoms with Gasteiger partial charge in [-0.25, -0.2) is 14.4 Å². The quantitative estimate of drug-likeness (QED) is 0.665. The van der Waals surface area contributed by atoms with Crippen molar-refractivity contribution in [1.29, 1.82) is 0 Å². The number of thiazole rings is 1. The highest BCUT2D eigenvalue weighted by atomic mass is 35.5. The molecule has 0 saturated carbocycles. The minimum atomic E-state index is -0.244. The van der Waals surface area contributed by atoms with Crippen molar-refractivity contribution in [1.82, 2.24) is 14.5 Å². The summed E-state index contributed by atoms with van der Waals surface area (Å²) < 4.78 is 15.6. The molecule has 0 radical (unpaired) electrons. The molecule has 0 bridgehead atoms. The Kier molecular flexibility index (Phi) is 4.22. The summed E-state index contributed by atoms with van der Waals surface area (Å²) in [6, 6.07) is 4.69. The van der Waals surface area contributed by atoms with Gasteiger partial charge >= 0.3 is 0 Å². The number of rotatable bonds is 5. The zero-order chi connectivity index (χ0) is 14.8. The molecule has 110 valence electrons. The molecule has 0 fully saturated rings. The largest absolute Gasteiger partial charge is 0.327 e. The number of halogens is 2. The molecule has 2 aromatic heterocycles. The van der Waals surface area contributed by atoms with Gasteiger partial charge in [0.2, 0.25) is 0 Å². The highest BCUT2D eigenvalue weighted by Crippen LogP contribution is 2.20. The molecule has 3 rings (SSSR count). The molecule has 0 aliphatic carbocycles. The molecular weight excluding hydrogens is 309 g/mol. The van der Waals surface area contributed by atoms with Gasteiger partial charge < -0.3 is 4.57 Å². The van der Waals surface area contributed by atoms with E-state index in [0.717, 1.165) is 40.5 Å². The van der Waals surface area contributed by atoms with Crippen LogP contribution in [0.25, 0.3) is 11.0 Å². The second-order valence-electron chi connectivity index (χ2n) is 4.88. The lowest BCUT2D eigenvalue weighted by Gasteiger charge is -2.07. The van der Waals surface area contributed by atoms with Crippen molar-refractivity contribution in [3.05, 3.63) is 45.9 Å². The maximum absolute atomic E-state index is 13.5. The predicted octanol–water partition coefficient (Wildman–Crippen LogP) is 3.96. The van der Waals surface area contributed by atoms with E-state index in [-0.39, 0.29) is 5.82 Å². The van der Waals surface area contributed by atoms with E-state index in [4.69, 9.17) is 11.6 Å². The van der Waals surface area contributed by atoms with Crippen molar-refractivity contribution in [2.45, 2.75) is 26.3 Å². The van der Waals surface area contributed by atoms with Gasteiger partial charge in [0.15, 0.2) is 0 Å². The average molecular weight is 324 g/mol. The van der Waals surface area contributed by atoms with Crippen LogP contribution in [0.2, 0.25) is 0 Å². The van der Waals surface area contributed by atoms with Crippen molar-refractivity contribution in [3.8, 4) is 0 Å². The third-order valence-electron chi connectivity index (χ3n) is 3.32. The SMILES string of the molecule is Cc1csc(CCn2c(CCCl)nc3ccc(F)cc32)n1. The molecule has 3 aromatic rings. The third-order valence-corrected chi connectivity index (χ3v) is 4.54. The molecule has 0 amide bonds. The van der Waals surface area contributed by atoms with E-state index in [0.29, 0.717) is 12.3 Å². The van der Waals surface area contributed by atoms with Crippen LogP contribution >= 0.6 is 22.9 Å². The molecule has 0 saturated heterocycles. The Balaban J connectivity index is 1.94. The maximum Gasteiger partial charge on any atom is 0.125 e. The van der Waals surface area contributed by atoms with Crippen molar-refractivity contribution in [2.24, 2.45) is 0 Å². The molecule has 0 aliphatic rings. The summed E-state index contributed by atoms with van der Waals surface area (Å²) in [5.74, 6) is 1.16. The molecule has 2 heterocycles. The normalized spacial score (nSPS) is 11.4. The number of benzene rings is 1. The molecule has 0 spiro atoms. The lowest BCUT2D eigenvalue weighted by Crippen LogP contribution is -2.07. The predicted molar refractivity (Wildman–Crippen MR) is 84.7 cm³/mol. The Morgan fingerprint density at radius 1 is 1.29 bits per heavy atom. The maximum atomic E-state index is 13.5. The summed E-state index contributed by atoms with van der Waals surface area (Å²) in [6.45, 7) is 2.72. The van der Waals surface area contributed by atoms with Gasteiger partial charge in [0, 0.05) is 36.3 Å². The van der Waals surface area contributed by atoms with Gasteiger partial charge in [-0.15, -0.1) is 22.9 Å². The first-order valence-electron chi connectivity index (χ1n) is 6.79. The average Bonchev–Trinajstić information content (AvgIpc) is 3.01. The fourth-order valence-electron chi connectivity index (χ4n) is 2.40. The van der Waals surface area contributed by atoms with Crippen LogP contribution in [0.5, 0.6) is 0 Å². The number of fused-ring (bicyclic) bond motifs is 1. The molecular formula is C15H15ClFN3S. The van der Waals surface area contributed by atoms with E-state index in [2.05, 4.69) is 14.5 Å². The van der Waals surface area contributed by atoms with Gasteiger partial charge in [-0.3, -0.25) is 0 Å². The number of aromatic nitrogens is 3. The van der Waals surface area contributed by atoms with Crippen LogP contribution in [-0.4, -0.2) is 20.4 Å². The summed E-state index contributed by atoms with van der Waals surface area (Å²) in [5.41, 5.74) is 2.67. The van der Waals surface area contributed by atoms with Gasteiger partial charge in [0.1, 0.15) is 11.6 Å². The van der Waals surface area contributed by atoms with E-state index in [9.17, 15) is 4.39 Å². The van der Waals surface area contributed by atoms with Gasteiger partial charge in [0.25, 0.3) is 0 Å². The van der Waals surface area contributed by atoms with Crippen LogP contribution in [0, 0.1) is 12.7 Å². The summed E-state index contributed by atoms with van der Waals surface area (Å²) in [4.78, 5) is 9.02. The fraction of sp³-hybridized carbons (Fsp3) is 0.333. The van der Waals surface area contributed by atoms with Gasteiger partial charge in [-0.1, -0.05) is 0 Å². The third kappa shape index (κ3) is 3.09. The topological polar surface area (TPSA) is 30.7 Å². The summed E-state index contributed by atoms with van der Waals surface area (Å²) in [5, 5.41) is 3.13. The van der Waals surface area contributed by atoms with Crippen LogP contribution in [0.1, 0.15) is 16.5 Å². The first-order valence-corrected chi connectivity index (χ1v) is 8.20. The Morgan fingerprint density at radius 3 is 2.86 bits per heavy atom. The zero-order valence-corrected chi connectivity index (χ0v) is 13.2. The Morgan fingerprint density at radius 2 is 2.14 bits per heavy atom. The van der Waals surface area contributed by atoms with Crippen molar-refractivity contribution < 1.29 is 4.39 Å². The van der Waals surface area contributed by atoms with Crippen molar-refractivity contribution >= 4 is 34.0 Å². The lowest BCUT2D eigenvalue weighted by molar-refractivity contribution is 0.626. The first-order chi connectivity index (χ1) is 10.2. The number of alkyl halides is 1. The van der Waals surface area contributed by atoms with Crippen LogP contribution in [-0.2, 0) is 19.4 Å². The van der Waals surface area contributed by atoms with E-state index in [1.54, 1.807) is 17.4 Å². The van der Waals surface area contributed by atoms with Crippen LogP contribution in [0.4, 0.5) is 4.39 Å². The van der Waals surface area contributed by atoms with Crippen LogP contribution < -0.4 is 0 Å². The number of nitrogens with zero attached hydrogens (tertiary/aromatic N) is 3. The molecule has 0 N–H and O–H groups in total. The van der Waals surface area contributed by atoms with Crippen LogP contribution in [0.3, 0.4) is 0 Å². The first kappa shape index (κ1) is 14.5. The molecule has 21 heavy (non-hydrogen) atoms. The van der Waals surface area contributed by atoms with E-state index in [1.165, 1.54) is 12.1 Å². The molecule has 0 aliphatic heterocycles. The van der Waals surface area contributed by atoms with E-state index < -0.39 is 0 Å². The highest BCUT2D eigenvalue weighted by molar-refractivity contribution is 7.09. The fourth-order valence-corrected chi connectivity index (χ4v) is 3.33. The van der Waals surface area contributed by atoms with Gasteiger partial charge in [-0.05, 0) is 25.1 Å². The Labute approximate surface area is 131 Å². The molecule has 6 heteroatoms. The number of imidazole rings is 1. The van der Waals surface area contributed by atoms with E-state index >= 15 is 0 Å². The minimum Gasteiger partial charge on any atom is -0.327 e. The van der Waals surface area contributed by atoms with Crippen molar-refractivity contribution in [2.75, 3.05) is 5.88 Å². The minimum absolute atomic E-state index is 0.244. The second-order valence-corrected chi connectivity index (χ2v) is 6.20. The van der Waals surface area contributed by atoms with Gasteiger partial charge in [0.05, 0.1) is 16.0 Å². The molecule has 1 aromatic carbocycles. The van der Waals surface area contributed by atoms with Gasteiger partial charge in [-0.2, -0.15) is 0 Å². The van der Waals surface area contributed by atoms with Crippen LogP contribution in [0.15, 0.2) is 23.6 Å². The van der Waals surface area contributed by atoms with Crippen molar-refractivity contribution in [3.63, 3.8) is 0 Å². The zero-order valence-electron chi connectivity index (χ0n) is 11.6. The number of hydrogen-bond acceptors (Lipinski definition) is 3. The molecule has 0 unspecified atom stereocenters. The number of aryl methyl sites for hydroxylation is 4. The Hall–Kier alpha value is -1.46. The molecule has 0 atom stereocenters. The summed E-state index contributed by atoms with van der Waals surface area (Å²) in [7, 11) is 0. The standard InChI is InChI=1S/C15H15ClFN3S/c1-10-9-21-15(18-10)5-7-20-13-8-11(17)2-3-12(13)19-14(20)4-6-16/h2-3,8-9H,4-7H2,1H3. The Bertz CT molecular complexity index is 765. The highest BCUT2D eigenvalue weighted by Gasteiger charge is 2.12. The smallest absolute Gasteiger partial charge is 0.125 e. The summed E-state index contributed by atoms with van der Waals surface area (Å²) in [6.07, 6.45) is 1.49. The van der Waals surface area contributed by atoms with E-state index in [1.807, 2.05) is 12.3 Å². The molecule has 3 nitrogen and oxygen atoms in total.